The van der Waals surface area contributed by atoms with Crippen molar-refractivity contribution in [2.45, 2.75) is 37.3 Å². The fourth-order valence-electron chi connectivity index (χ4n) is 1.44. The van der Waals surface area contributed by atoms with Crippen molar-refractivity contribution in [3.05, 3.63) is 24.2 Å². The second kappa shape index (κ2) is 7.40. The summed E-state index contributed by atoms with van der Waals surface area (Å²) in [6, 6.07) is 3.65. The molecule has 5 heteroatoms. The van der Waals surface area contributed by atoms with Gasteiger partial charge in [-0.25, -0.2) is 0 Å². The maximum Gasteiger partial charge on any atom is 0.233 e. The molecule has 0 spiro atoms. The second-order valence-corrected chi connectivity index (χ2v) is 5.75. The van der Waals surface area contributed by atoms with Crippen molar-refractivity contribution < 1.29 is 9.21 Å². The van der Waals surface area contributed by atoms with E-state index in [2.05, 4.69) is 12.2 Å². The van der Waals surface area contributed by atoms with E-state index in [0.29, 0.717) is 18.3 Å². The van der Waals surface area contributed by atoms with Crippen LogP contribution in [0.15, 0.2) is 22.8 Å². The smallest absolute Gasteiger partial charge is 0.233 e. The third-order valence-corrected chi connectivity index (χ3v) is 3.72. The van der Waals surface area contributed by atoms with Gasteiger partial charge in [0.15, 0.2) is 0 Å². The number of nitrogens with one attached hydrogen (secondary N) is 1. The topological polar surface area (TPSA) is 68.3 Å². The Bertz CT molecular complexity index is 327. The van der Waals surface area contributed by atoms with Crippen LogP contribution in [0, 0.1) is 0 Å². The lowest BCUT2D eigenvalue weighted by atomic mass is 10.3. The predicted molar refractivity (Wildman–Crippen MR) is 70.7 cm³/mol. The standard InChI is InChI=1S/C12H20N2O2S/c1-9(5-6-13)17-10(2)12(15)14-8-11-4-3-7-16-11/h3-4,7,9-10H,5-6,8,13H2,1-2H3,(H,14,15). The van der Waals surface area contributed by atoms with Crippen LogP contribution >= 0.6 is 11.8 Å². The number of carbonyl (C=O) groups is 1. The minimum Gasteiger partial charge on any atom is -0.467 e. The third-order valence-electron chi connectivity index (χ3n) is 2.40. The van der Waals surface area contributed by atoms with Crippen molar-refractivity contribution in [2.75, 3.05) is 6.54 Å². The summed E-state index contributed by atoms with van der Waals surface area (Å²) in [5, 5.41) is 3.19. The van der Waals surface area contributed by atoms with E-state index in [1.807, 2.05) is 19.1 Å². The molecular formula is C12H20N2O2S. The number of thioether (sulfide) groups is 1. The van der Waals surface area contributed by atoms with Gasteiger partial charge in [-0.2, -0.15) is 0 Å². The minimum atomic E-state index is -0.0634. The molecule has 2 unspecified atom stereocenters. The molecule has 0 aliphatic carbocycles. The molecule has 0 aliphatic rings. The van der Waals surface area contributed by atoms with Crippen molar-refractivity contribution in [1.82, 2.24) is 5.32 Å². The Hall–Kier alpha value is -0.940. The van der Waals surface area contributed by atoms with Crippen LogP contribution in [0.25, 0.3) is 0 Å². The Morgan fingerprint density at radius 3 is 2.94 bits per heavy atom. The molecule has 1 rings (SSSR count). The molecular weight excluding hydrogens is 236 g/mol. The van der Waals surface area contributed by atoms with E-state index >= 15 is 0 Å². The molecule has 1 amide bonds. The summed E-state index contributed by atoms with van der Waals surface area (Å²) >= 11 is 1.65. The molecule has 0 saturated carbocycles. The Balaban J connectivity index is 2.27. The van der Waals surface area contributed by atoms with E-state index < -0.39 is 0 Å². The first-order valence-electron chi connectivity index (χ1n) is 5.79. The maximum atomic E-state index is 11.8. The summed E-state index contributed by atoms with van der Waals surface area (Å²) in [5.41, 5.74) is 5.48. The van der Waals surface area contributed by atoms with E-state index in [1.165, 1.54) is 0 Å². The molecule has 96 valence electrons. The fraction of sp³-hybridized carbons (Fsp3) is 0.583. The summed E-state index contributed by atoms with van der Waals surface area (Å²) in [4.78, 5) is 11.8. The number of amides is 1. The van der Waals surface area contributed by atoms with Gasteiger partial charge >= 0.3 is 0 Å². The average molecular weight is 256 g/mol. The average Bonchev–Trinajstić information content (AvgIpc) is 2.78. The largest absolute Gasteiger partial charge is 0.467 e. The first-order valence-corrected chi connectivity index (χ1v) is 6.73. The molecule has 4 nitrogen and oxygen atoms in total. The molecule has 0 saturated heterocycles. The first kappa shape index (κ1) is 14.1. The Kier molecular flexibility index (Phi) is 6.15. The van der Waals surface area contributed by atoms with Crippen molar-refractivity contribution in [3.8, 4) is 0 Å². The second-order valence-electron chi connectivity index (χ2n) is 3.96. The van der Waals surface area contributed by atoms with Crippen LogP contribution in [0.4, 0.5) is 0 Å². The highest BCUT2D eigenvalue weighted by atomic mass is 32.2. The zero-order valence-electron chi connectivity index (χ0n) is 10.3. The molecule has 2 atom stereocenters. The van der Waals surface area contributed by atoms with Gasteiger partial charge in [-0.3, -0.25) is 4.79 Å². The summed E-state index contributed by atoms with van der Waals surface area (Å²) in [5.74, 6) is 0.806. The van der Waals surface area contributed by atoms with Gasteiger partial charge in [0.1, 0.15) is 5.76 Å². The van der Waals surface area contributed by atoms with Crippen LogP contribution in [0.5, 0.6) is 0 Å². The fourth-order valence-corrected chi connectivity index (χ4v) is 2.62. The number of nitrogens with two attached hydrogens (primary N) is 1. The third kappa shape index (κ3) is 5.28. The van der Waals surface area contributed by atoms with Crippen LogP contribution in [-0.2, 0) is 11.3 Å². The number of carbonyl (C=O) groups excluding carboxylic acids is 1. The van der Waals surface area contributed by atoms with Gasteiger partial charge in [-0.15, -0.1) is 11.8 Å². The molecule has 3 N–H and O–H groups in total. The highest BCUT2D eigenvalue weighted by Crippen LogP contribution is 2.19. The summed E-state index contributed by atoms with van der Waals surface area (Å²) in [7, 11) is 0. The van der Waals surface area contributed by atoms with E-state index in [0.717, 1.165) is 12.2 Å². The van der Waals surface area contributed by atoms with Crippen LogP contribution in [0.2, 0.25) is 0 Å². The Morgan fingerprint density at radius 1 is 1.59 bits per heavy atom. The highest BCUT2D eigenvalue weighted by Gasteiger charge is 2.16. The number of furan rings is 1. The SMILES string of the molecule is CC(CCN)SC(C)C(=O)NCc1ccco1. The zero-order chi connectivity index (χ0) is 12.7. The number of hydrogen-bond acceptors (Lipinski definition) is 4. The molecule has 0 aromatic carbocycles. The summed E-state index contributed by atoms with van der Waals surface area (Å²) in [6.45, 7) is 5.11. The van der Waals surface area contributed by atoms with Gasteiger partial charge in [-0.05, 0) is 32.0 Å². The molecule has 0 bridgehead atoms. The van der Waals surface area contributed by atoms with E-state index in [9.17, 15) is 4.79 Å². The van der Waals surface area contributed by atoms with E-state index in [-0.39, 0.29) is 11.2 Å². The normalized spacial score (nSPS) is 14.3. The highest BCUT2D eigenvalue weighted by molar-refractivity contribution is 8.01. The predicted octanol–water partition coefficient (Wildman–Crippen LogP) is 1.75. The van der Waals surface area contributed by atoms with Crippen molar-refractivity contribution in [3.63, 3.8) is 0 Å². The Labute approximate surface area is 106 Å². The minimum absolute atomic E-state index is 0.0373. The lowest BCUT2D eigenvalue weighted by Gasteiger charge is -2.15. The molecule has 0 fully saturated rings. The van der Waals surface area contributed by atoms with Gasteiger partial charge in [0, 0.05) is 5.25 Å². The van der Waals surface area contributed by atoms with Crippen molar-refractivity contribution in [2.24, 2.45) is 5.73 Å². The lowest BCUT2D eigenvalue weighted by Crippen LogP contribution is -2.31. The van der Waals surface area contributed by atoms with Crippen LogP contribution in [-0.4, -0.2) is 23.0 Å². The molecule has 0 aliphatic heterocycles. The quantitative estimate of drug-likeness (QED) is 0.780. The van der Waals surface area contributed by atoms with Crippen LogP contribution in [0.1, 0.15) is 26.0 Å². The molecule has 17 heavy (non-hydrogen) atoms. The zero-order valence-corrected chi connectivity index (χ0v) is 11.1. The van der Waals surface area contributed by atoms with Gasteiger partial charge in [-0.1, -0.05) is 6.92 Å². The maximum absolute atomic E-state index is 11.8. The summed E-state index contributed by atoms with van der Waals surface area (Å²) in [6.07, 6.45) is 2.53. The van der Waals surface area contributed by atoms with Crippen molar-refractivity contribution >= 4 is 17.7 Å². The van der Waals surface area contributed by atoms with Gasteiger partial charge in [0.05, 0.1) is 18.1 Å². The van der Waals surface area contributed by atoms with E-state index in [1.54, 1.807) is 18.0 Å². The summed E-state index contributed by atoms with van der Waals surface area (Å²) < 4.78 is 5.15. The molecule has 1 aromatic rings. The van der Waals surface area contributed by atoms with Crippen LogP contribution < -0.4 is 11.1 Å². The monoisotopic (exact) mass is 256 g/mol. The van der Waals surface area contributed by atoms with Gasteiger partial charge < -0.3 is 15.5 Å². The Morgan fingerprint density at radius 2 is 2.35 bits per heavy atom. The molecule has 1 heterocycles. The molecule has 1 aromatic heterocycles. The van der Waals surface area contributed by atoms with Gasteiger partial charge in [0.2, 0.25) is 5.91 Å². The van der Waals surface area contributed by atoms with Crippen molar-refractivity contribution in [1.29, 1.82) is 0 Å². The lowest BCUT2D eigenvalue weighted by molar-refractivity contribution is -0.120. The van der Waals surface area contributed by atoms with E-state index in [4.69, 9.17) is 10.2 Å². The van der Waals surface area contributed by atoms with Crippen LogP contribution in [0.3, 0.4) is 0 Å². The number of rotatable bonds is 7. The molecule has 0 radical (unpaired) electrons. The number of hydrogen-bond donors (Lipinski definition) is 2. The van der Waals surface area contributed by atoms with Gasteiger partial charge in [0.25, 0.3) is 0 Å². The first-order chi connectivity index (χ1) is 8.13.